The van der Waals surface area contributed by atoms with Gasteiger partial charge in [0.2, 0.25) is 0 Å². The van der Waals surface area contributed by atoms with E-state index in [9.17, 15) is 0 Å². The van der Waals surface area contributed by atoms with Crippen LogP contribution in [0.25, 0.3) is 10.2 Å². The van der Waals surface area contributed by atoms with Crippen LogP contribution in [-0.2, 0) is 0 Å². The molecule has 7 heteroatoms. The maximum absolute atomic E-state index is 6.27. The fourth-order valence-electron chi connectivity index (χ4n) is 3.17. The largest absolute Gasteiger partial charge is 0.365 e. The molecule has 1 saturated heterocycles. The summed E-state index contributed by atoms with van der Waals surface area (Å²) in [6, 6.07) is 4.06. The number of aryl methyl sites for hydroxylation is 2. The summed E-state index contributed by atoms with van der Waals surface area (Å²) in [4.78, 5) is 16.9. The number of pyridine rings is 1. The second kappa shape index (κ2) is 6.18. The zero-order chi connectivity index (χ0) is 16.7. The van der Waals surface area contributed by atoms with Gasteiger partial charge in [-0.2, -0.15) is 0 Å². The molecule has 1 aliphatic rings. The summed E-state index contributed by atoms with van der Waals surface area (Å²) >= 11 is 7.94. The predicted octanol–water partition coefficient (Wildman–Crippen LogP) is 4.05. The lowest BCUT2D eigenvalue weighted by atomic mass is 10.2. The average Bonchev–Trinajstić information content (AvgIpc) is 3.15. The van der Waals surface area contributed by atoms with Gasteiger partial charge in [0.1, 0.15) is 22.3 Å². The van der Waals surface area contributed by atoms with Gasteiger partial charge in [-0.1, -0.05) is 11.6 Å². The molecule has 4 rings (SSSR count). The summed E-state index contributed by atoms with van der Waals surface area (Å²) in [5, 5.41) is 7.59. The molecule has 0 bridgehead atoms. The lowest BCUT2D eigenvalue weighted by Crippen LogP contribution is -2.27. The second-order valence-corrected chi connectivity index (χ2v) is 7.37. The van der Waals surface area contributed by atoms with E-state index >= 15 is 0 Å². The number of hydrogen-bond acceptors (Lipinski definition) is 6. The third kappa shape index (κ3) is 2.80. The summed E-state index contributed by atoms with van der Waals surface area (Å²) in [7, 11) is 0. The van der Waals surface area contributed by atoms with Crippen LogP contribution in [-0.4, -0.2) is 34.1 Å². The van der Waals surface area contributed by atoms with Gasteiger partial charge < -0.3 is 10.2 Å². The Morgan fingerprint density at radius 1 is 1.33 bits per heavy atom. The van der Waals surface area contributed by atoms with Crippen molar-refractivity contribution in [1.82, 2.24) is 15.0 Å². The monoisotopic (exact) mass is 359 g/mol. The fourth-order valence-corrected chi connectivity index (χ4v) is 4.38. The van der Waals surface area contributed by atoms with E-state index in [2.05, 4.69) is 37.5 Å². The Morgan fingerprint density at radius 2 is 2.21 bits per heavy atom. The number of aromatic nitrogens is 3. The van der Waals surface area contributed by atoms with Gasteiger partial charge in [0.05, 0.1) is 10.4 Å². The zero-order valence-electron chi connectivity index (χ0n) is 13.6. The van der Waals surface area contributed by atoms with Crippen molar-refractivity contribution in [2.75, 3.05) is 23.3 Å². The number of nitrogens with zero attached hydrogens (tertiary/aromatic N) is 4. The molecular formula is C17H18ClN5S. The lowest BCUT2D eigenvalue weighted by molar-refractivity contribution is 0.799. The Balaban J connectivity index is 1.57. The smallest absolute Gasteiger partial charge is 0.147 e. The first kappa shape index (κ1) is 15.6. The van der Waals surface area contributed by atoms with Crippen LogP contribution in [0.15, 0.2) is 23.7 Å². The Kier molecular flexibility index (Phi) is 4.02. The number of halogens is 1. The average molecular weight is 360 g/mol. The van der Waals surface area contributed by atoms with Gasteiger partial charge in [0, 0.05) is 25.3 Å². The summed E-state index contributed by atoms with van der Waals surface area (Å²) in [6.45, 7) is 5.85. The molecule has 0 aromatic carbocycles. The van der Waals surface area contributed by atoms with E-state index in [0.29, 0.717) is 11.1 Å². The van der Waals surface area contributed by atoms with Crippen molar-refractivity contribution < 1.29 is 0 Å². The van der Waals surface area contributed by atoms with E-state index in [1.165, 1.54) is 5.56 Å². The molecule has 3 aromatic heterocycles. The van der Waals surface area contributed by atoms with E-state index in [0.717, 1.165) is 47.2 Å². The molecule has 24 heavy (non-hydrogen) atoms. The molecule has 0 radical (unpaired) electrons. The lowest BCUT2D eigenvalue weighted by Gasteiger charge is -2.19. The highest BCUT2D eigenvalue weighted by atomic mass is 35.5. The van der Waals surface area contributed by atoms with Crippen LogP contribution in [0.2, 0.25) is 5.02 Å². The molecule has 1 aliphatic heterocycles. The van der Waals surface area contributed by atoms with Crippen LogP contribution in [0, 0.1) is 13.8 Å². The minimum atomic E-state index is 0.319. The number of nitrogens with one attached hydrogen (secondary N) is 1. The van der Waals surface area contributed by atoms with Crippen LogP contribution in [0.4, 0.5) is 11.6 Å². The Labute approximate surface area is 149 Å². The first-order valence-electron chi connectivity index (χ1n) is 7.96. The molecule has 0 spiro atoms. The van der Waals surface area contributed by atoms with Crippen molar-refractivity contribution in [3.05, 3.63) is 40.1 Å². The standard InChI is InChI=1S/C17H18ClN5S/c1-10-9-24-17-14(10)15(20-11(2)21-17)22-12-5-7-23(8-12)16-13(18)4-3-6-19-16/h3-4,6,9,12H,5,7-8H2,1-2H3,(H,20,21,22). The molecule has 0 amide bonds. The maximum atomic E-state index is 6.27. The van der Waals surface area contributed by atoms with Crippen molar-refractivity contribution in [2.45, 2.75) is 26.3 Å². The van der Waals surface area contributed by atoms with E-state index in [-0.39, 0.29) is 0 Å². The van der Waals surface area contributed by atoms with E-state index in [1.807, 2.05) is 19.1 Å². The number of rotatable bonds is 3. The predicted molar refractivity (Wildman–Crippen MR) is 100 cm³/mol. The number of fused-ring (bicyclic) bond motifs is 1. The zero-order valence-corrected chi connectivity index (χ0v) is 15.2. The van der Waals surface area contributed by atoms with Gasteiger partial charge in [0.15, 0.2) is 0 Å². The SMILES string of the molecule is Cc1nc(NC2CCN(c3ncccc3Cl)C2)c2c(C)csc2n1. The molecule has 5 nitrogen and oxygen atoms in total. The maximum Gasteiger partial charge on any atom is 0.147 e. The first-order valence-corrected chi connectivity index (χ1v) is 9.22. The molecular weight excluding hydrogens is 342 g/mol. The van der Waals surface area contributed by atoms with Gasteiger partial charge in [-0.3, -0.25) is 0 Å². The quantitative estimate of drug-likeness (QED) is 0.764. The highest BCUT2D eigenvalue weighted by Crippen LogP contribution is 2.31. The molecule has 1 atom stereocenters. The van der Waals surface area contributed by atoms with Gasteiger partial charge in [-0.25, -0.2) is 15.0 Å². The van der Waals surface area contributed by atoms with Crippen LogP contribution in [0.5, 0.6) is 0 Å². The topological polar surface area (TPSA) is 53.9 Å². The molecule has 0 saturated carbocycles. The van der Waals surface area contributed by atoms with Crippen molar-refractivity contribution in [3.63, 3.8) is 0 Å². The molecule has 124 valence electrons. The first-order chi connectivity index (χ1) is 11.6. The minimum absolute atomic E-state index is 0.319. The highest BCUT2D eigenvalue weighted by molar-refractivity contribution is 7.17. The Morgan fingerprint density at radius 3 is 3.04 bits per heavy atom. The van der Waals surface area contributed by atoms with Crippen LogP contribution in [0.3, 0.4) is 0 Å². The van der Waals surface area contributed by atoms with Crippen LogP contribution in [0.1, 0.15) is 17.8 Å². The highest BCUT2D eigenvalue weighted by Gasteiger charge is 2.26. The fraction of sp³-hybridized carbons (Fsp3) is 0.353. The molecule has 4 heterocycles. The van der Waals surface area contributed by atoms with Gasteiger partial charge in [-0.15, -0.1) is 11.3 Å². The van der Waals surface area contributed by atoms with Gasteiger partial charge in [0.25, 0.3) is 0 Å². The number of thiophene rings is 1. The minimum Gasteiger partial charge on any atom is -0.365 e. The molecule has 0 aliphatic carbocycles. The second-order valence-electron chi connectivity index (χ2n) is 6.10. The third-order valence-corrected chi connectivity index (χ3v) is 5.58. The Bertz CT molecular complexity index is 894. The van der Waals surface area contributed by atoms with Crippen LogP contribution >= 0.6 is 22.9 Å². The third-order valence-electron chi connectivity index (χ3n) is 4.30. The van der Waals surface area contributed by atoms with Crippen LogP contribution < -0.4 is 10.2 Å². The van der Waals surface area contributed by atoms with E-state index < -0.39 is 0 Å². The van der Waals surface area contributed by atoms with Crippen molar-refractivity contribution in [1.29, 1.82) is 0 Å². The van der Waals surface area contributed by atoms with Gasteiger partial charge >= 0.3 is 0 Å². The number of anilines is 2. The molecule has 1 N–H and O–H groups in total. The number of hydrogen-bond donors (Lipinski definition) is 1. The summed E-state index contributed by atoms with van der Waals surface area (Å²) < 4.78 is 0. The summed E-state index contributed by atoms with van der Waals surface area (Å²) in [5.74, 6) is 2.60. The van der Waals surface area contributed by atoms with E-state index in [1.54, 1.807) is 17.5 Å². The molecule has 1 fully saturated rings. The van der Waals surface area contributed by atoms with E-state index in [4.69, 9.17) is 11.6 Å². The summed E-state index contributed by atoms with van der Waals surface area (Å²) in [5.41, 5.74) is 1.22. The molecule has 1 unspecified atom stereocenters. The van der Waals surface area contributed by atoms with Gasteiger partial charge in [-0.05, 0) is 43.3 Å². The normalized spacial score (nSPS) is 17.6. The molecule has 3 aromatic rings. The van der Waals surface area contributed by atoms with Crippen molar-refractivity contribution in [3.8, 4) is 0 Å². The van der Waals surface area contributed by atoms with Crippen molar-refractivity contribution >= 4 is 44.8 Å². The summed E-state index contributed by atoms with van der Waals surface area (Å²) in [6.07, 6.45) is 2.81. The van der Waals surface area contributed by atoms with Crippen molar-refractivity contribution in [2.24, 2.45) is 0 Å². The Hall–Kier alpha value is -1.92.